The van der Waals surface area contributed by atoms with Crippen molar-refractivity contribution in [3.05, 3.63) is 0 Å². The third kappa shape index (κ3) is 17.5. The van der Waals surface area contributed by atoms with Crippen LogP contribution >= 0.6 is 0 Å². The van der Waals surface area contributed by atoms with Gasteiger partial charge in [0.1, 0.15) is 6.10 Å². The second-order valence-electron chi connectivity index (χ2n) is 2.20. The summed E-state index contributed by atoms with van der Waals surface area (Å²) < 4.78 is 31.6. The first-order valence-corrected chi connectivity index (χ1v) is 4.92. The lowest BCUT2D eigenvalue weighted by molar-refractivity contribution is -0.126. The second-order valence-corrected chi connectivity index (χ2v) is 3.10. The number of aliphatic hydroxyl groups is 1. The van der Waals surface area contributed by atoms with Gasteiger partial charge in [-0.2, -0.15) is 8.42 Å². The first-order chi connectivity index (χ1) is 6.22. The molecule has 0 aromatic rings. The molecule has 86 valence electrons. The Balaban J connectivity index is 0. The summed E-state index contributed by atoms with van der Waals surface area (Å²) in [4.78, 5) is 10.6. The zero-order valence-corrected chi connectivity index (χ0v) is 8.14. The van der Waals surface area contributed by atoms with Crippen LogP contribution < -0.4 is 11.5 Å². The highest BCUT2D eigenvalue weighted by molar-refractivity contribution is 7.79. The number of ketones is 1. The Bertz CT molecular complexity index is 243. The summed E-state index contributed by atoms with van der Waals surface area (Å²) in [6.07, 6.45) is -0.813. The van der Waals surface area contributed by atoms with Gasteiger partial charge in [0.05, 0.1) is 0 Å². The van der Waals surface area contributed by atoms with Crippen LogP contribution in [0.4, 0.5) is 0 Å². The fraction of sp³-hybridized carbons (Fsp3) is 0.800. The molecule has 0 spiro atoms. The summed E-state index contributed by atoms with van der Waals surface area (Å²) in [7, 11) is -4.67. The van der Waals surface area contributed by atoms with Gasteiger partial charge in [0.25, 0.3) is 0 Å². The summed E-state index contributed by atoms with van der Waals surface area (Å²) >= 11 is 0. The molecule has 0 saturated heterocycles. The Labute approximate surface area is 81.5 Å². The highest BCUT2D eigenvalue weighted by atomic mass is 32.3. The molecule has 0 aliphatic rings. The molecule has 1 atom stereocenters. The largest absolute Gasteiger partial charge is 0.394 e. The normalized spacial score (nSPS) is 12.6. The van der Waals surface area contributed by atoms with E-state index in [9.17, 15) is 4.79 Å². The topological polar surface area (TPSA) is 164 Å². The van der Waals surface area contributed by atoms with Gasteiger partial charge >= 0.3 is 10.4 Å². The van der Waals surface area contributed by atoms with Gasteiger partial charge in [-0.3, -0.25) is 13.9 Å². The Kier molecular flexibility index (Phi) is 8.83. The molecule has 0 amide bonds. The van der Waals surface area contributed by atoms with Crippen molar-refractivity contribution >= 4 is 16.2 Å². The van der Waals surface area contributed by atoms with Gasteiger partial charge < -0.3 is 16.6 Å². The van der Waals surface area contributed by atoms with Gasteiger partial charge in [-0.25, -0.2) is 0 Å². The number of Topliss-reactive ketones (excluding diaryl/α,β-unsaturated/α-hetero) is 1. The maximum absolute atomic E-state index is 10.6. The lowest BCUT2D eigenvalue weighted by atomic mass is 10.2. The summed E-state index contributed by atoms with van der Waals surface area (Å²) in [5, 5.41) is 8.73. The molecule has 0 saturated carbocycles. The van der Waals surface area contributed by atoms with Gasteiger partial charge in [-0.15, -0.1) is 0 Å². The predicted molar refractivity (Wildman–Crippen MR) is 47.9 cm³/mol. The van der Waals surface area contributed by atoms with E-state index < -0.39 is 16.5 Å². The van der Waals surface area contributed by atoms with E-state index in [-0.39, 0.29) is 25.3 Å². The third-order valence-corrected chi connectivity index (χ3v) is 0.986. The molecule has 0 rings (SSSR count). The van der Waals surface area contributed by atoms with Gasteiger partial charge in [0.15, 0.2) is 5.78 Å². The van der Waals surface area contributed by atoms with Gasteiger partial charge in [0.2, 0.25) is 0 Å². The van der Waals surface area contributed by atoms with E-state index >= 15 is 0 Å². The molecule has 7 N–H and O–H groups in total. The van der Waals surface area contributed by atoms with Crippen molar-refractivity contribution in [1.82, 2.24) is 0 Å². The Morgan fingerprint density at radius 2 is 1.64 bits per heavy atom. The molecule has 0 aliphatic carbocycles. The highest BCUT2D eigenvalue weighted by Gasteiger charge is 2.10. The summed E-state index contributed by atoms with van der Waals surface area (Å²) in [6, 6.07) is 0. The lowest BCUT2D eigenvalue weighted by Gasteiger charge is -2.03. The van der Waals surface area contributed by atoms with E-state index in [0.717, 1.165) is 0 Å². The highest BCUT2D eigenvalue weighted by Crippen LogP contribution is 1.86. The van der Waals surface area contributed by atoms with Crippen LogP contribution in [0, 0.1) is 0 Å². The first kappa shape index (κ1) is 15.9. The van der Waals surface area contributed by atoms with E-state index in [1.165, 1.54) is 0 Å². The van der Waals surface area contributed by atoms with Crippen molar-refractivity contribution in [2.75, 3.05) is 13.1 Å². The number of aliphatic hydroxyl groups excluding tert-OH is 1. The fourth-order valence-electron chi connectivity index (χ4n) is 0.440. The van der Waals surface area contributed by atoms with Crippen molar-refractivity contribution in [3.8, 4) is 0 Å². The quantitative estimate of drug-likeness (QED) is 0.333. The van der Waals surface area contributed by atoms with Crippen LogP contribution in [0.5, 0.6) is 0 Å². The fourth-order valence-corrected chi connectivity index (χ4v) is 0.440. The molecule has 8 nitrogen and oxygen atoms in total. The number of hydrogen-bond acceptors (Lipinski definition) is 6. The van der Waals surface area contributed by atoms with Crippen LogP contribution in [0.2, 0.25) is 0 Å². The summed E-state index contributed by atoms with van der Waals surface area (Å²) in [5.74, 6) is -0.278. The Hall–Kier alpha value is -0.580. The van der Waals surface area contributed by atoms with Crippen LogP contribution in [0.15, 0.2) is 0 Å². The zero-order chi connectivity index (χ0) is 11.8. The van der Waals surface area contributed by atoms with E-state index in [1.54, 1.807) is 0 Å². The SMILES string of the molecule is NCCC(=O)C(O)CN.O=S(=O)(O)O. The third-order valence-electron chi connectivity index (χ3n) is 0.986. The van der Waals surface area contributed by atoms with Gasteiger partial charge in [-0.1, -0.05) is 0 Å². The molecule has 0 aromatic heterocycles. The van der Waals surface area contributed by atoms with Crippen molar-refractivity contribution < 1.29 is 27.4 Å². The summed E-state index contributed by atoms with van der Waals surface area (Å²) in [5.41, 5.74) is 10.0. The molecule has 0 fully saturated rings. The van der Waals surface area contributed by atoms with E-state index in [0.29, 0.717) is 0 Å². The van der Waals surface area contributed by atoms with E-state index in [4.69, 9.17) is 34.1 Å². The van der Waals surface area contributed by atoms with Crippen molar-refractivity contribution in [1.29, 1.82) is 0 Å². The molecule has 0 aromatic carbocycles. The van der Waals surface area contributed by atoms with Gasteiger partial charge in [0, 0.05) is 13.0 Å². The molecular formula is C5H14N2O6S. The first-order valence-electron chi connectivity index (χ1n) is 3.53. The van der Waals surface area contributed by atoms with Crippen molar-refractivity contribution in [2.24, 2.45) is 11.5 Å². The average molecular weight is 230 g/mol. The molecule has 0 heterocycles. The Morgan fingerprint density at radius 1 is 1.29 bits per heavy atom. The second kappa shape index (κ2) is 7.79. The molecule has 0 aliphatic heterocycles. The zero-order valence-electron chi connectivity index (χ0n) is 7.33. The van der Waals surface area contributed by atoms with Crippen LogP contribution in [0.3, 0.4) is 0 Å². The standard InChI is InChI=1S/C5H12N2O2.H2O4S/c6-2-1-4(8)5(9)3-7;1-5(2,3)4/h5,9H,1-3,6-7H2;(H2,1,2,3,4). The lowest BCUT2D eigenvalue weighted by Crippen LogP contribution is -2.30. The van der Waals surface area contributed by atoms with E-state index in [1.807, 2.05) is 0 Å². The predicted octanol–water partition coefficient (Wildman–Crippen LogP) is -2.43. The maximum Gasteiger partial charge on any atom is 0.394 e. The molecule has 0 radical (unpaired) electrons. The maximum atomic E-state index is 10.6. The Morgan fingerprint density at radius 3 is 1.86 bits per heavy atom. The minimum absolute atomic E-state index is 0.0150. The monoisotopic (exact) mass is 230 g/mol. The van der Waals surface area contributed by atoms with Crippen LogP contribution in [-0.4, -0.2) is 47.6 Å². The summed E-state index contributed by atoms with van der Waals surface area (Å²) in [6.45, 7) is 0.259. The molecule has 14 heavy (non-hydrogen) atoms. The van der Waals surface area contributed by atoms with E-state index in [2.05, 4.69) is 0 Å². The number of nitrogens with two attached hydrogens (primary N) is 2. The molecular weight excluding hydrogens is 216 g/mol. The van der Waals surface area contributed by atoms with Crippen molar-refractivity contribution in [3.63, 3.8) is 0 Å². The molecule has 0 bridgehead atoms. The average Bonchev–Trinajstić information content (AvgIpc) is 2.00. The molecule has 1 unspecified atom stereocenters. The number of hydrogen-bond donors (Lipinski definition) is 5. The minimum Gasteiger partial charge on any atom is -0.384 e. The molecule has 9 heteroatoms. The van der Waals surface area contributed by atoms with Gasteiger partial charge in [-0.05, 0) is 6.54 Å². The van der Waals surface area contributed by atoms with Crippen LogP contribution in [-0.2, 0) is 15.2 Å². The number of carbonyl (C=O) groups excluding carboxylic acids is 1. The van der Waals surface area contributed by atoms with Crippen molar-refractivity contribution in [2.45, 2.75) is 12.5 Å². The van der Waals surface area contributed by atoms with Crippen LogP contribution in [0.1, 0.15) is 6.42 Å². The number of carbonyl (C=O) groups is 1. The number of rotatable bonds is 4. The minimum atomic E-state index is -4.67. The van der Waals surface area contributed by atoms with Crippen LogP contribution in [0.25, 0.3) is 0 Å². The smallest absolute Gasteiger partial charge is 0.384 e.